The number of carbonyl (C=O) groups excluding carboxylic acids is 1. The predicted octanol–water partition coefficient (Wildman–Crippen LogP) is 3.41. The Morgan fingerprint density at radius 3 is 2.72 bits per heavy atom. The lowest BCUT2D eigenvalue weighted by atomic mass is 10.2. The van der Waals surface area contributed by atoms with Crippen molar-refractivity contribution in [3.05, 3.63) is 50.1 Å². The smallest absolute Gasteiger partial charge is 0.260 e. The Labute approximate surface area is 126 Å². The van der Waals surface area contributed by atoms with E-state index >= 15 is 0 Å². The Balaban J connectivity index is 2.19. The second-order valence-corrected chi connectivity index (χ2v) is 5.64. The molecule has 92 valence electrons. The average molecular weight is 419 g/mol. The Morgan fingerprint density at radius 2 is 2.11 bits per heavy atom. The van der Waals surface area contributed by atoms with Gasteiger partial charge in [-0.15, -0.1) is 0 Å². The van der Waals surface area contributed by atoms with Gasteiger partial charge in [0.15, 0.2) is 0 Å². The number of hydrogen-bond donors (Lipinski definition) is 2. The van der Waals surface area contributed by atoms with E-state index < -0.39 is 5.91 Å². The van der Waals surface area contributed by atoms with Crippen LogP contribution < -0.4 is 5.32 Å². The molecule has 1 aromatic carbocycles. The van der Waals surface area contributed by atoms with E-state index in [-0.39, 0.29) is 11.3 Å². The molecule has 1 heterocycles. The summed E-state index contributed by atoms with van der Waals surface area (Å²) in [7, 11) is 0. The number of halogens is 2. The molecule has 4 nitrogen and oxygen atoms in total. The molecule has 0 aliphatic heterocycles. The average Bonchev–Trinajstić information content (AvgIpc) is 2.32. The molecule has 0 spiro atoms. The maximum atomic E-state index is 11.9. The van der Waals surface area contributed by atoms with Crippen LogP contribution in [0.4, 0.5) is 5.82 Å². The van der Waals surface area contributed by atoms with Crippen LogP contribution in [0.1, 0.15) is 10.4 Å². The fourth-order valence-corrected chi connectivity index (χ4v) is 2.00. The quantitative estimate of drug-likeness (QED) is 0.734. The molecule has 0 aliphatic rings. The number of aromatic hydroxyl groups is 1. The van der Waals surface area contributed by atoms with Crippen LogP contribution in [-0.2, 0) is 0 Å². The fourth-order valence-electron chi connectivity index (χ4n) is 1.33. The molecule has 0 saturated heterocycles. The maximum Gasteiger partial charge on any atom is 0.260 e. The number of phenols is 1. The van der Waals surface area contributed by atoms with E-state index in [0.717, 1.165) is 3.57 Å². The molecule has 2 rings (SSSR count). The summed E-state index contributed by atoms with van der Waals surface area (Å²) >= 11 is 5.35. The minimum atomic E-state index is -0.395. The Kier molecular flexibility index (Phi) is 4.18. The summed E-state index contributed by atoms with van der Waals surface area (Å²) in [6.07, 6.45) is 1.65. The number of amides is 1. The summed E-state index contributed by atoms with van der Waals surface area (Å²) in [4.78, 5) is 16.0. The zero-order valence-corrected chi connectivity index (χ0v) is 12.8. The topological polar surface area (TPSA) is 62.2 Å². The second-order valence-electron chi connectivity index (χ2n) is 3.48. The van der Waals surface area contributed by atoms with Crippen molar-refractivity contribution in [2.24, 2.45) is 0 Å². The highest BCUT2D eigenvalue weighted by Gasteiger charge is 2.11. The summed E-state index contributed by atoms with van der Waals surface area (Å²) in [5.41, 5.74) is 0.207. The first-order valence-corrected chi connectivity index (χ1v) is 6.85. The van der Waals surface area contributed by atoms with Crippen LogP contribution in [0.15, 0.2) is 41.0 Å². The Bertz CT molecular complexity index is 587. The van der Waals surface area contributed by atoms with Gasteiger partial charge in [-0.2, -0.15) is 0 Å². The van der Waals surface area contributed by atoms with Crippen molar-refractivity contribution < 1.29 is 9.90 Å². The molecule has 1 amide bonds. The van der Waals surface area contributed by atoms with Gasteiger partial charge in [0.1, 0.15) is 11.6 Å². The van der Waals surface area contributed by atoms with Gasteiger partial charge in [0.25, 0.3) is 5.91 Å². The fraction of sp³-hybridized carbons (Fsp3) is 0. The van der Waals surface area contributed by atoms with Gasteiger partial charge < -0.3 is 10.4 Å². The van der Waals surface area contributed by atoms with Crippen LogP contribution in [0.25, 0.3) is 0 Å². The first-order valence-electron chi connectivity index (χ1n) is 4.97. The van der Waals surface area contributed by atoms with E-state index in [0.29, 0.717) is 10.3 Å². The Morgan fingerprint density at radius 1 is 1.33 bits per heavy atom. The first kappa shape index (κ1) is 13.3. The number of aromatic nitrogens is 1. The number of carbonyl (C=O) groups is 1. The van der Waals surface area contributed by atoms with Crippen LogP contribution in [0, 0.1) is 3.57 Å². The van der Waals surface area contributed by atoms with E-state index in [1.807, 2.05) is 6.07 Å². The number of nitrogens with one attached hydrogen (secondary N) is 1. The summed E-state index contributed by atoms with van der Waals surface area (Å²) in [5.74, 6) is -0.0242. The van der Waals surface area contributed by atoms with E-state index in [2.05, 4.69) is 48.8 Å². The van der Waals surface area contributed by atoms with Gasteiger partial charge in [-0.3, -0.25) is 4.79 Å². The van der Waals surface area contributed by atoms with Crippen LogP contribution in [0.3, 0.4) is 0 Å². The van der Waals surface area contributed by atoms with Crippen molar-refractivity contribution >= 4 is 50.2 Å². The third kappa shape index (κ3) is 3.20. The molecule has 0 radical (unpaired) electrons. The lowest BCUT2D eigenvalue weighted by Crippen LogP contribution is -2.13. The molecule has 0 aliphatic carbocycles. The van der Waals surface area contributed by atoms with E-state index in [1.54, 1.807) is 24.4 Å². The lowest BCUT2D eigenvalue weighted by molar-refractivity contribution is 0.102. The summed E-state index contributed by atoms with van der Waals surface area (Å²) in [6.45, 7) is 0. The van der Waals surface area contributed by atoms with Crippen molar-refractivity contribution in [3.63, 3.8) is 0 Å². The van der Waals surface area contributed by atoms with Gasteiger partial charge in [-0.05, 0) is 52.9 Å². The molecular weight excluding hydrogens is 411 g/mol. The highest BCUT2D eigenvalue weighted by molar-refractivity contribution is 14.1. The molecular formula is C12H8BrIN2O2. The van der Waals surface area contributed by atoms with Crippen molar-refractivity contribution in [3.8, 4) is 5.75 Å². The van der Waals surface area contributed by atoms with Crippen molar-refractivity contribution in [2.75, 3.05) is 5.32 Å². The number of anilines is 1. The van der Waals surface area contributed by atoms with Gasteiger partial charge >= 0.3 is 0 Å². The first-order chi connectivity index (χ1) is 8.56. The molecule has 0 atom stereocenters. The predicted molar refractivity (Wildman–Crippen MR) is 80.7 cm³/mol. The van der Waals surface area contributed by atoms with Crippen LogP contribution in [0.5, 0.6) is 5.75 Å². The van der Waals surface area contributed by atoms with Gasteiger partial charge in [0.2, 0.25) is 0 Å². The number of benzene rings is 1. The van der Waals surface area contributed by atoms with E-state index in [9.17, 15) is 9.90 Å². The van der Waals surface area contributed by atoms with Gasteiger partial charge in [-0.1, -0.05) is 15.9 Å². The molecule has 0 saturated carbocycles. The molecule has 2 N–H and O–H groups in total. The monoisotopic (exact) mass is 418 g/mol. The minimum absolute atomic E-state index is 0.0765. The van der Waals surface area contributed by atoms with E-state index in [4.69, 9.17) is 0 Å². The van der Waals surface area contributed by atoms with E-state index in [1.165, 1.54) is 6.07 Å². The van der Waals surface area contributed by atoms with Gasteiger partial charge in [-0.25, -0.2) is 4.98 Å². The number of phenolic OH excluding ortho intramolecular Hbond substituents is 1. The molecule has 1 aromatic heterocycles. The van der Waals surface area contributed by atoms with Gasteiger partial charge in [0.05, 0.1) is 5.56 Å². The summed E-state index contributed by atoms with van der Waals surface area (Å²) < 4.78 is 1.70. The standard InChI is InChI=1S/C12H8BrIN2O2/c13-7-1-3-9(10(17)5-7)12(18)16-11-4-2-8(14)6-15-11/h1-6,17H,(H,15,16,18). The van der Waals surface area contributed by atoms with Crippen molar-refractivity contribution in [2.45, 2.75) is 0 Å². The maximum absolute atomic E-state index is 11.9. The zero-order valence-electron chi connectivity index (χ0n) is 9.02. The number of pyridine rings is 1. The van der Waals surface area contributed by atoms with Crippen LogP contribution in [0.2, 0.25) is 0 Å². The Hall–Kier alpha value is -1.15. The second kappa shape index (κ2) is 5.66. The van der Waals surface area contributed by atoms with Crippen LogP contribution >= 0.6 is 38.5 Å². The molecule has 2 aromatic rings. The summed E-state index contributed by atoms with van der Waals surface area (Å²) in [6, 6.07) is 8.24. The number of nitrogens with zero attached hydrogens (tertiary/aromatic N) is 1. The lowest BCUT2D eigenvalue weighted by Gasteiger charge is -2.06. The molecule has 0 fully saturated rings. The van der Waals surface area contributed by atoms with Crippen molar-refractivity contribution in [1.29, 1.82) is 0 Å². The highest BCUT2D eigenvalue weighted by atomic mass is 127. The minimum Gasteiger partial charge on any atom is -0.507 e. The summed E-state index contributed by atoms with van der Waals surface area (Å²) in [5, 5.41) is 12.3. The highest BCUT2D eigenvalue weighted by Crippen LogP contribution is 2.23. The largest absolute Gasteiger partial charge is 0.507 e. The zero-order chi connectivity index (χ0) is 13.1. The third-order valence-corrected chi connectivity index (χ3v) is 3.30. The third-order valence-electron chi connectivity index (χ3n) is 2.17. The number of rotatable bonds is 2. The SMILES string of the molecule is O=C(Nc1ccc(I)cn1)c1ccc(Br)cc1O. The molecule has 0 bridgehead atoms. The molecule has 6 heteroatoms. The molecule has 0 unspecified atom stereocenters. The van der Waals surface area contributed by atoms with Crippen molar-refractivity contribution in [1.82, 2.24) is 4.98 Å². The number of hydrogen-bond acceptors (Lipinski definition) is 3. The normalized spacial score (nSPS) is 10.1. The van der Waals surface area contributed by atoms with Gasteiger partial charge in [0, 0.05) is 14.2 Å². The van der Waals surface area contributed by atoms with Crippen LogP contribution in [-0.4, -0.2) is 16.0 Å². The molecule has 18 heavy (non-hydrogen) atoms.